The molecule has 10 heteroatoms. The van der Waals surface area contributed by atoms with Gasteiger partial charge in [-0.25, -0.2) is 8.42 Å². The second-order valence-corrected chi connectivity index (χ2v) is 10.8. The van der Waals surface area contributed by atoms with E-state index < -0.39 is 26.9 Å². The summed E-state index contributed by atoms with van der Waals surface area (Å²) in [6.45, 7) is 0.856. The molecule has 1 aliphatic carbocycles. The lowest BCUT2D eigenvalue weighted by molar-refractivity contribution is -0.384. The van der Waals surface area contributed by atoms with Crippen molar-refractivity contribution in [2.45, 2.75) is 74.8 Å². The van der Waals surface area contributed by atoms with Gasteiger partial charge < -0.3 is 10.6 Å². The number of primary amides is 1. The van der Waals surface area contributed by atoms with Gasteiger partial charge in [0.2, 0.25) is 15.9 Å². The van der Waals surface area contributed by atoms with Gasteiger partial charge in [-0.1, -0.05) is 25.7 Å². The highest BCUT2D eigenvalue weighted by Crippen LogP contribution is 2.45. The Morgan fingerprint density at radius 1 is 1.06 bits per heavy atom. The van der Waals surface area contributed by atoms with Crippen LogP contribution in [0, 0.1) is 16.0 Å². The van der Waals surface area contributed by atoms with Gasteiger partial charge in [0.1, 0.15) is 11.7 Å². The Labute approximate surface area is 182 Å². The monoisotopic (exact) mass is 450 g/mol. The van der Waals surface area contributed by atoms with Crippen LogP contribution in [0.25, 0.3) is 0 Å². The maximum Gasteiger partial charge on any atom is 0.293 e. The lowest BCUT2D eigenvalue weighted by Gasteiger charge is -2.34. The van der Waals surface area contributed by atoms with E-state index >= 15 is 0 Å². The van der Waals surface area contributed by atoms with E-state index in [1.165, 1.54) is 16.4 Å². The van der Waals surface area contributed by atoms with Gasteiger partial charge in [0, 0.05) is 25.2 Å². The molecule has 2 N–H and O–H groups in total. The molecule has 3 fully saturated rings. The minimum absolute atomic E-state index is 0.0121. The SMILES string of the molecule is NC(=O)[C@@H]1C[C@@H]2CCCC[C@@H]2N1c1ccc(S(=O)(=O)N2CCCCCC2)cc1[N+](=O)[O-]. The number of anilines is 1. The molecule has 0 spiro atoms. The van der Waals surface area contributed by atoms with Crippen molar-refractivity contribution in [2.24, 2.45) is 11.7 Å². The van der Waals surface area contributed by atoms with Gasteiger partial charge in [-0.2, -0.15) is 4.31 Å². The lowest BCUT2D eigenvalue weighted by atomic mass is 9.84. The quantitative estimate of drug-likeness (QED) is 0.543. The first-order valence-corrected chi connectivity index (χ1v) is 12.6. The van der Waals surface area contributed by atoms with Gasteiger partial charge in [0.15, 0.2) is 0 Å². The summed E-state index contributed by atoms with van der Waals surface area (Å²) in [7, 11) is -3.82. The molecular weight excluding hydrogens is 420 g/mol. The summed E-state index contributed by atoms with van der Waals surface area (Å²) in [5, 5.41) is 12.0. The first-order valence-electron chi connectivity index (χ1n) is 11.2. The molecule has 170 valence electrons. The third-order valence-corrected chi connectivity index (χ3v) is 8.94. The molecule has 0 unspecified atom stereocenters. The number of nitrogens with two attached hydrogens (primary N) is 1. The largest absolute Gasteiger partial charge is 0.368 e. The van der Waals surface area contributed by atoms with E-state index in [1.54, 1.807) is 4.90 Å². The summed E-state index contributed by atoms with van der Waals surface area (Å²) in [5.41, 5.74) is 5.67. The number of carbonyl (C=O) groups excluding carboxylic acids is 1. The number of fused-ring (bicyclic) bond motifs is 1. The standard InChI is InChI=1S/C21H30N4O5S/c22-21(26)20-13-15-7-3-4-8-17(15)24(20)18-10-9-16(14-19(18)25(27)28)31(29,30)23-11-5-1-2-6-12-23/h9-10,14-15,17,20H,1-8,11-13H2,(H2,22,26)/t15-,17-,20-/m0/s1. The Morgan fingerprint density at radius 3 is 2.39 bits per heavy atom. The summed E-state index contributed by atoms with van der Waals surface area (Å²) in [6, 6.07) is 3.49. The van der Waals surface area contributed by atoms with E-state index in [0.717, 1.165) is 57.4 Å². The maximum absolute atomic E-state index is 13.2. The Balaban J connectivity index is 1.74. The van der Waals surface area contributed by atoms with Crippen LogP contribution in [0.3, 0.4) is 0 Å². The van der Waals surface area contributed by atoms with Crippen LogP contribution < -0.4 is 10.6 Å². The molecule has 1 aromatic carbocycles. The van der Waals surface area contributed by atoms with Crippen molar-refractivity contribution in [3.63, 3.8) is 0 Å². The first kappa shape index (κ1) is 22.0. The fourth-order valence-corrected chi connectivity index (χ4v) is 7.06. The number of sulfonamides is 1. The molecule has 2 saturated heterocycles. The number of rotatable bonds is 5. The maximum atomic E-state index is 13.2. The molecule has 2 aliphatic heterocycles. The van der Waals surface area contributed by atoms with Crippen LogP contribution in [0.2, 0.25) is 0 Å². The molecular formula is C21H30N4O5S. The van der Waals surface area contributed by atoms with E-state index in [1.807, 2.05) is 0 Å². The van der Waals surface area contributed by atoms with Crippen LogP contribution in [-0.2, 0) is 14.8 Å². The van der Waals surface area contributed by atoms with Crippen LogP contribution in [0.5, 0.6) is 0 Å². The highest BCUT2D eigenvalue weighted by atomic mass is 32.2. The molecule has 3 aliphatic rings. The summed E-state index contributed by atoms with van der Waals surface area (Å²) < 4.78 is 27.8. The average molecular weight is 451 g/mol. The van der Waals surface area contributed by atoms with E-state index in [-0.39, 0.29) is 28.2 Å². The van der Waals surface area contributed by atoms with Crippen LogP contribution in [0.1, 0.15) is 57.8 Å². The van der Waals surface area contributed by atoms with Crippen molar-refractivity contribution in [3.05, 3.63) is 28.3 Å². The minimum atomic E-state index is -3.82. The zero-order chi connectivity index (χ0) is 22.2. The molecule has 31 heavy (non-hydrogen) atoms. The Hall–Kier alpha value is -2.20. The average Bonchev–Trinajstić information content (AvgIpc) is 2.92. The van der Waals surface area contributed by atoms with Crippen molar-refractivity contribution in [2.75, 3.05) is 18.0 Å². The summed E-state index contributed by atoms with van der Waals surface area (Å²) >= 11 is 0. The number of nitro groups is 1. The smallest absolute Gasteiger partial charge is 0.293 e. The predicted octanol–water partition coefficient (Wildman–Crippen LogP) is 2.78. The second kappa shape index (κ2) is 8.74. The van der Waals surface area contributed by atoms with Crippen molar-refractivity contribution in [3.8, 4) is 0 Å². The van der Waals surface area contributed by atoms with Crippen LogP contribution >= 0.6 is 0 Å². The van der Waals surface area contributed by atoms with Crippen molar-refractivity contribution in [1.29, 1.82) is 0 Å². The molecule has 1 aromatic rings. The van der Waals surface area contributed by atoms with Gasteiger partial charge in [-0.3, -0.25) is 14.9 Å². The van der Waals surface area contributed by atoms with Gasteiger partial charge in [-0.15, -0.1) is 0 Å². The van der Waals surface area contributed by atoms with Gasteiger partial charge >= 0.3 is 0 Å². The highest BCUT2D eigenvalue weighted by Gasteiger charge is 2.46. The van der Waals surface area contributed by atoms with E-state index in [0.29, 0.717) is 19.5 Å². The molecule has 2 heterocycles. The minimum Gasteiger partial charge on any atom is -0.368 e. The fourth-order valence-electron chi connectivity index (χ4n) is 5.52. The summed E-state index contributed by atoms with van der Waals surface area (Å²) in [4.78, 5) is 25.3. The van der Waals surface area contributed by atoms with Crippen LogP contribution in [-0.4, -0.2) is 48.7 Å². The molecule has 0 aromatic heterocycles. The van der Waals surface area contributed by atoms with Gasteiger partial charge in [0.05, 0.1) is 9.82 Å². The molecule has 0 bridgehead atoms. The Kier molecular flexibility index (Phi) is 6.20. The number of amides is 1. The number of hydrogen-bond donors (Lipinski definition) is 1. The van der Waals surface area contributed by atoms with Gasteiger partial charge in [0.25, 0.3) is 5.69 Å². The van der Waals surface area contributed by atoms with Crippen molar-refractivity contribution < 1.29 is 18.1 Å². The molecule has 9 nitrogen and oxygen atoms in total. The fraction of sp³-hybridized carbons (Fsp3) is 0.667. The lowest BCUT2D eigenvalue weighted by Crippen LogP contribution is -2.45. The summed E-state index contributed by atoms with van der Waals surface area (Å²) in [6.07, 6.45) is 8.03. The van der Waals surface area contributed by atoms with Gasteiger partial charge in [-0.05, 0) is 50.2 Å². The Morgan fingerprint density at radius 2 is 1.74 bits per heavy atom. The molecule has 1 saturated carbocycles. The second-order valence-electron chi connectivity index (χ2n) is 8.90. The third-order valence-electron chi connectivity index (χ3n) is 7.04. The van der Waals surface area contributed by atoms with E-state index in [2.05, 4.69) is 0 Å². The van der Waals surface area contributed by atoms with Crippen molar-refractivity contribution >= 4 is 27.3 Å². The predicted molar refractivity (Wildman–Crippen MR) is 116 cm³/mol. The normalized spacial score (nSPS) is 27.5. The number of nitro benzene ring substituents is 1. The Bertz CT molecular complexity index is 959. The number of benzene rings is 1. The summed E-state index contributed by atoms with van der Waals surface area (Å²) in [5.74, 6) is -0.226. The third kappa shape index (κ3) is 4.15. The number of nitrogens with zero attached hydrogens (tertiary/aromatic N) is 3. The van der Waals surface area contributed by atoms with E-state index in [9.17, 15) is 23.3 Å². The van der Waals surface area contributed by atoms with Crippen LogP contribution in [0.15, 0.2) is 23.1 Å². The molecule has 1 amide bonds. The molecule has 3 atom stereocenters. The first-order chi connectivity index (χ1) is 14.8. The van der Waals surface area contributed by atoms with E-state index in [4.69, 9.17) is 5.73 Å². The zero-order valence-corrected chi connectivity index (χ0v) is 18.4. The highest BCUT2D eigenvalue weighted by molar-refractivity contribution is 7.89. The topological polar surface area (TPSA) is 127 Å². The number of carbonyl (C=O) groups is 1. The molecule has 0 radical (unpaired) electrons. The van der Waals surface area contributed by atoms with Crippen molar-refractivity contribution in [1.82, 2.24) is 4.31 Å². The number of hydrogen-bond acceptors (Lipinski definition) is 6. The van der Waals surface area contributed by atoms with Crippen LogP contribution in [0.4, 0.5) is 11.4 Å². The zero-order valence-electron chi connectivity index (χ0n) is 17.6. The molecule has 4 rings (SSSR count).